The summed E-state index contributed by atoms with van der Waals surface area (Å²) in [5, 5.41) is 13.0. The van der Waals surface area contributed by atoms with Gasteiger partial charge in [-0.25, -0.2) is 4.79 Å². The molecule has 0 aliphatic rings. The van der Waals surface area contributed by atoms with E-state index < -0.39 is 17.9 Å². The van der Waals surface area contributed by atoms with E-state index in [9.17, 15) is 14.7 Å². The standard InChI is InChI=1S/C18H15BrN2O3/c19-14-7-3-1-6-13(14)17(22)21-16(18(23)24)9-11-10-20-15-8-4-2-5-12(11)15/h1-8,10,16,20H,9H2,(H,21,22)(H,23,24)/t16-/m1/s1. The summed E-state index contributed by atoms with van der Waals surface area (Å²) in [4.78, 5) is 27.1. The SMILES string of the molecule is O=C(N[C@H](Cc1c[nH]c2ccccc12)C(=O)O)c1ccccc1Br. The van der Waals surface area contributed by atoms with Crippen LogP contribution in [0.15, 0.2) is 59.2 Å². The number of hydrogen-bond acceptors (Lipinski definition) is 2. The van der Waals surface area contributed by atoms with Gasteiger partial charge in [0.25, 0.3) is 5.91 Å². The number of hydrogen-bond donors (Lipinski definition) is 3. The molecule has 1 aromatic heterocycles. The zero-order valence-electron chi connectivity index (χ0n) is 12.6. The number of carboxylic acids is 1. The Morgan fingerprint density at radius 2 is 1.83 bits per heavy atom. The molecule has 0 spiro atoms. The Balaban J connectivity index is 1.82. The minimum atomic E-state index is -1.07. The van der Waals surface area contributed by atoms with Crippen molar-refractivity contribution in [1.29, 1.82) is 0 Å². The molecule has 2 aromatic carbocycles. The number of carbonyl (C=O) groups is 2. The summed E-state index contributed by atoms with van der Waals surface area (Å²) in [6.45, 7) is 0. The highest BCUT2D eigenvalue weighted by Gasteiger charge is 2.23. The molecule has 1 amide bonds. The number of nitrogens with one attached hydrogen (secondary N) is 2. The summed E-state index contributed by atoms with van der Waals surface area (Å²) in [7, 11) is 0. The molecule has 0 saturated carbocycles. The third kappa shape index (κ3) is 3.33. The van der Waals surface area contributed by atoms with E-state index >= 15 is 0 Å². The molecular formula is C18H15BrN2O3. The van der Waals surface area contributed by atoms with Gasteiger partial charge < -0.3 is 15.4 Å². The van der Waals surface area contributed by atoms with Crippen molar-refractivity contribution < 1.29 is 14.7 Å². The molecule has 122 valence electrons. The van der Waals surface area contributed by atoms with Gasteiger partial charge in [0, 0.05) is 28.0 Å². The van der Waals surface area contributed by atoms with Gasteiger partial charge in [0.15, 0.2) is 0 Å². The molecule has 1 atom stereocenters. The Kier molecular flexibility index (Phi) is 4.66. The Morgan fingerprint density at radius 1 is 1.12 bits per heavy atom. The number of aromatic nitrogens is 1. The number of amides is 1. The van der Waals surface area contributed by atoms with Gasteiger partial charge in [-0.1, -0.05) is 30.3 Å². The highest BCUT2D eigenvalue weighted by molar-refractivity contribution is 9.10. The van der Waals surface area contributed by atoms with Crippen LogP contribution in [0.4, 0.5) is 0 Å². The molecule has 3 aromatic rings. The predicted octanol–water partition coefficient (Wildman–Crippen LogP) is 3.36. The first kappa shape index (κ1) is 16.3. The van der Waals surface area contributed by atoms with Gasteiger partial charge in [-0.15, -0.1) is 0 Å². The Labute approximate surface area is 146 Å². The van der Waals surface area contributed by atoms with Gasteiger partial charge in [-0.3, -0.25) is 4.79 Å². The molecular weight excluding hydrogens is 372 g/mol. The summed E-state index contributed by atoms with van der Waals surface area (Å²) in [6.07, 6.45) is 1.99. The maximum absolute atomic E-state index is 12.4. The fourth-order valence-corrected chi connectivity index (χ4v) is 3.07. The lowest BCUT2D eigenvalue weighted by Crippen LogP contribution is -2.42. The van der Waals surface area contributed by atoms with Crippen molar-refractivity contribution in [1.82, 2.24) is 10.3 Å². The van der Waals surface area contributed by atoms with Crippen LogP contribution in [0.3, 0.4) is 0 Å². The van der Waals surface area contributed by atoms with Crippen LogP contribution in [-0.4, -0.2) is 28.0 Å². The second-order valence-corrected chi connectivity index (χ2v) is 6.26. The van der Waals surface area contributed by atoms with E-state index in [1.54, 1.807) is 30.5 Å². The van der Waals surface area contributed by atoms with Crippen LogP contribution in [0.1, 0.15) is 15.9 Å². The summed E-state index contributed by atoms with van der Waals surface area (Å²) in [5.74, 6) is -1.49. The first-order chi connectivity index (χ1) is 11.6. The van der Waals surface area contributed by atoms with Crippen molar-refractivity contribution in [2.45, 2.75) is 12.5 Å². The number of halogens is 1. The lowest BCUT2D eigenvalue weighted by molar-refractivity contribution is -0.139. The van der Waals surface area contributed by atoms with Crippen LogP contribution in [-0.2, 0) is 11.2 Å². The molecule has 0 aliphatic heterocycles. The molecule has 0 unspecified atom stereocenters. The van der Waals surface area contributed by atoms with E-state index in [1.165, 1.54) is 0 Å². The average molecular weight is 387 g/mol. The van der Waals surface area contributed by atoms with Crippen molar-refractivity contribution in [3.8, 4) is 0 Å². The fourth-order valence-electron chi connectivity index (χ4n) is 2.60. The summed E-state index contributed by atoms with van der Waals surface area (Å²) in [6, 6.07) is 13.6. The van der Waals surface area contributed by atoms with Crippen LogP contribution in [0.5, 0.6) is 0 Å². The summed E-state index contributed by atoms with van der Waals surface area (Å²) >= 11 is 3.30. The number of H-pyrrole nitrogens is 1. The number of aromatic amines is 1. The van der Waals surface area contributed by atoms with Crippen LogP contribution < -0.4 is 5.32 Å². The lowest BCUT2D eigenvalue weighted by Gasteiger charge is -2.15. The normalized spacial score (nSPS) is 12.0. The molecule has 6 heteroatoms. The number of benzene rings is 2. The Hall–Kier alpha value is -2.60. The Morgan fingerprint density at radius 3 is 2.58 bits per heavy atom. The van der Waals surface area contributed by atoms with Crippen molar-refractivity contribution in [3.63, 3.8) is 0 Å². The largest absolute Gasteiger partial charge is 0.480 e. The van der Waals surface area contributed by atoms with Crippen LogP contribution in [0.25, 0.3) is 10.9 Å². The smallest absolute Gasteiger partial charge is 0.326 e. The van der Waals surface area contributed by atoms with Crippen molar-refractivity contribution >= 4 is 38.7 Å². The van der Waals surface area contributed by atoms with Crippen LogP contribution >= 0.6 is 15.9 Å². The fraction of sp³-hybridized carbons (Fsp3) is 0.111. The van der Waals surface area contributed by atoms with Gasteiger partial charge in [0.2, 0.25) is 0 Å². The van der Waals surface area contributed by atoms with E-state index in [0.717, 1.165) is 16.5 Å². The van der Waals surface area contributed by atoms with Crippen molar-refractivity contribution in [2.75, 3.05) is 0 Å². The summed E-state index contributed by atoms with van der Waals surface area (Å²) < 4.78 is 0.624. The molecule has 24 heavy (non-hydrogen) atoms. The first-order valence-corrected chi connectivity index (χ1v) is 8.19. The monoisotopic (exact) mass is 386 g/mol. The average Bonchev–Trinajstić information content (AvgIpc) is 2.97. The number of fused-ring (bicyclic) bond motifs is 1. The van der Waals surface area contributed by atoms with E-state index in [0.29, 0.717) is 10.0 Å². The molecule has 3 rings (SSSR count). The second kappa shape index (κ2) is 6.88. The molecule has 0 radical (unpaired) electrons. The molecule has 0 aliphatic carbocycles. The van der Waals surface area contributed by atoms with Crippen LogP contribution in [0.2, 0.25) is 0 Å². The molecule has 0 bridgehead atoms. The van der Waals surface area contributed by atoms with Gasteiger partial charge in [0.05, 0.1) is 5.56 Å². The first-order valence-electron chi connectivity index (χ1n) is 7.39. The second-order valence-electron chi connectivity index (χ2n) is 5.41. The maximum atomic E-state index is 12.4. The van der Waals surface area contributed by atoms with Crippen LogP contribution in [0, 0.1) is 0 Å². The molecule has 0 fully saturated rings. The van der Waals surface area contributed by atoms with Gasteiger partial charge in [-0.2, -0.15) is 0 Å². The van der Waals surface area contributed by atoms with E-state index in [-0.39, 0.29) is 6.42 Å². The predicted molar refractivity (Wildman–Crippen MR) is 95.0 cm³/mol. The van der Waals surface area contributed by atoms with Crippen molar-refractivity contribution in [2.24, 2.45) is 0 Å². The van der Waals surface area contributed by atoms with E-state index in [1.807, 2.05) is 24.3 Å². The minimum absolute atomic E-state index is 0.204. The molecule has 3 N–H and O–H groups in total. The van der Waals surface area contributed by atoms with Crippen molar-refractivity contribution in [3.05, 3.63) is 70.3 Å². The zero-order chi connectivity index (χ0) is 17.1. The number of carbonyl (C=O) groups excluding carboxylic acids is 1. The maximum Gasteiger partial charge on any atom is 0.326 e. The quantitative estimate of drug-likeness (QED) is 0.628. The molecule has 1 heterocycles. The molecule has 5 nitrogen and oxygen atoms in total. The third-order valence-electron chi connectivity index (χ3n) is 3.82. The summed E-state index contributed by atoms with van der Waals surface area (Å²) in [5.41, 5.74) is 2.20. The highest BCUT2D eigenvalue weighted by atomic mass is 79.9. The zero-order valence-corrected chi connectivity index (χ0v) is 14.2. The van der Waals surface area contributed by atoms with Gasteiger partial charge >= 0.3 is 5.97 Å². The number of carboxylic acid groups (broad SMARTS) is 1. The number of para-hydroxylation sites is 1. The van der Waals surface area contributed by atoms with Gasteiger partial charge in [-0.05, 0) is 39.7 Å². The minimum Gasteiger partial charge on any atom is -0.480 e. The van der Waals surface area contributed by atoms with Gasteiger partial charge in [0.1, 0.15) is 6.04 Å². The number of rotatable bonds is 5. The van der Waals surface area contributed by atoms with E-state index in [4.69, 9.17) is 0 Å². The lowest BCUT2D eigenvalue weighted by atomic mass is 10.0. The van der Waals surface area contributed by atoms with E-state index in [2.05, 4.69) is 26.2 Å². The third-order valence-corrected chi connectivity index (χ3v) is 4.51. The molecule has 0 saturated heterocycles. The number of aliphatic carboxylic acids is 1. The Bertz CT molecular complexity index is 904. The highest BCUT2D eigenvalue weighted by Crippen LogP contribution is 2.20. The topological polar surface area (TPSA) is 82.2 Å².